The summed E-state index contributed by atoms with van der Waals surface area (Å²) in [5.41, 5.74) is 1.13. The summed E-state index contributed by atoms with van der Waals surface area (Å²) in [5.74, 6) is 0.717. The number of hydrogen-bond acceptors (Lipinski definition) is 5. The Morgan fingerprint density at radius 3 is 2.91 bits per heavy atom. The number of urea groups is 1. The van der Waals surface area contributed by atoms with E-state index in [2.05, 4.69) is 25.7 Å². The highest BCUT2D eigenvalue weighted by Crippen LogP contribution is 2.13. The van der Waals surface area contributed by atoms with E-state index in [0.29, 0.717) is 5.82 Å². The molecule has 124 valence electrons. The number of nitrogens with zero attached hydrogens (tertiary/aromatic N) is 5. The average molecular weight is 334 g/mol. The van der Waals surface area contributed by atoms with Gasteiger partial charge in [0.1, 0.15) is 5.82 Å². The van der Waals surface area contributed by atoms with E-state index >= 15 is 0 Å². The van der Waals surface area contributed by atoms with E-state index in [0.717, 1.165) is 49.8 Å². The summed E-state index contributed by atoms with van der Waals surface area (Å²) < 4.78 is 1.66. The van der Waals surface area contributed by atoms with Crippen LogP contribution in [0.5, 0.6) is 0 Å². The molecule has 1 aliphatic heterocycles. The van der Waals surface area contributed by atoms with Crippen molar-refractivity contribution in [1.82, 2.24) is 24.6 Å². The predicted molar refractivity (Wildman–Crippen MR) is 90.5 cm³/mol. The fraction of sp³-hybridized carbons (Fsp3) is 0.533. The summed E-state index contributed by atoms with van der Waals surface area (Å²) in [7, 11) is 1.82. The van der Waals surface area contributed by atoms with Crippen LogP contribution in [-0.2, 0) is 13.6 Å². The zero-order chi connectivity index (χ0) is 16.2. The third-order valence-electron chi connectivity index (χ3n) is 3.98. The van der Waals surface area contributed by atoms with Crippen LogP contribution in [0.15, 0.2) is 17.6 Å². The van der Waals surface area contributed by atoms with Gasteiger partial charge in [-0.05, 0) is 13.3 Å². The summed E-state index contributed by atoms with van der Waals surface area (Å²) in [5, 5.41) is 10.2. The van der Waals surface area contributed by atoms with Gasteiger partial charge in [-0.15, -0.1) is 11.3 Å². The van der Waals surface area contributed by atoms with Gasteiger partial charge in [0, 0.05) is 51.2 Å². The molecule has 3 rings (SSSR count). The van der Waals surface area contributed by atoms with Crippen molar-refractivity contribution in [2.75, 3.05) is 31.5 Å². The molecule has 0 aromatic carbocycles. The Bertz CT molecular complexity index is 666. The molecule has 0 atom stereocenters. The van der Waals surface area contributed by atoms with Gasteiger partial charge in [-0.1, -0.05) is 0 Å². The van der Waals surface area contributed by atoms with Crippen molar-refractivity contribution in [1.29, 1.82) is 0 Å². The first-order valence-electron chi connectivity index (χ1n) is 7.79. The molecule has 0 bridgehead atoms. The first-order valence-corrected chi connectivity index (χ1v) is 8.67. The van der Waals surface area contributed by atoms with Gasteiger partial charge in [-0.25, -0.2) is 9.78 Å². The molecule has 3 heterocycles. The topological polar surface area (TPSA) is 66.3 Å². The van der Waals surface area contributed by atoms with E-state index in [9.17, 15) is 4.79 Å². The van der Waals surface area contributed by atoms with Crippen LogP contribution >= 0.6 is 11.3 Å². The molecule has 2 amide bonds. The van der Waals surface area contributed by atoms with Crippen LogP contribution in [0.3, 0.4) is 0 Å². The van der Waals surface area contributed by atoms with Crippen molar-refractivity contribution >= 4 is 23.2 Å². The van der Waals surface area contributed by atoms with E-state index in [1.165, 1.54) is 0 Å². The number of amides is 2. The molecule has 0 spiro atoms. The highest BCUT2D eigenvalue weighted by atomic mass is 32.1. The standard InChI is InChI=1S/C15H22N6OS/c1-12-17-13(11-23-12)10-20-6-3-7-21(9-8-20)15(22)18-14-4-5-16-19(14)2/h4-5,11H,3,6-10H2,1-2H3,(H,18,22). The van der Waals surface area contributed by atoms with Crippen molar-refractivity contribution in [2.45, 2.75) is 19.9 Å². The van der Waals surface area contributed by atoms with Gasteiger partial charge in [0.2, 0.25) is 0 Å². The number of hydrogen-bond donors (Lipinski definition) is 1. The van der Waals surface area contributed by atoms with Crippen molar-refractivity contribution in [3.63, 3.8) is 0 Å². The summed E-state index contributed by atoms with van der Waals surface area (Å²) in [6, 6.07) is 1.74. The number of aryl methyl sites for hydroxylation is 2. The Morgan fingerprint density at radius 1 is 1.35 bits per heavy atom. The molecule has 2 aromatic heterocycles. The van der Waals surface area contributed by atoms with Gasteiger partial charge in [0.15, 0.2) is 0 Å². The van der Waals surface area contributed by atoms with E-state index < -0.39 is 0 Å². The lowest BCUT2D eigenvalue weighted by Gasteiger charge is -2.21. The second-order valence-electron chi connectivity index (χ2n) is 5.74. The van der Waals surface area contributed by atoms with Crippen molar-refractivity contribution in [3.8, 4) is 0 Å². The number of thiazole rings is 1. The van der Waals surface area contributed by atoms with Crippen LogP contribution in [-0.4, -0.2) is 56.8 Å². The van der Waals surface area contributed by atoms with Gasteiger partial charge >= 0.3 is 6.03 Å². The Balaban J connectivity index is 1.53. The number of nitrogens with one attached hydrogen (secondary N) is 1. The quantitative estimate of drug-likeness (QED) is 0.931. The van der Waals surface area contributed by atoms with E-state index in [1.54, 1.807) is 28.3 Å². The van der Waals surface area contributed by atoms with Crippen molar-refractivity contribution < 1.29 is 4.79 Å². The minimum Gasteiger partial charge on any atom is -0.323 e. The highest BCUT2D eigenvalue weighted by Gasteiger charge is 2.20. The Hall–Kier alpha value is -1.93. The third kappa shape index (κ3) is 4.08. The molecule has 0 aliphatic carbocycles. The summed E-state index contributed by atoms with van der Waals surface area (Å²) >= 11 is 1.69. The van der Waals surface area contributed by atoms with Gasteiger partial charge < -0.3 is 4.90 Å². The van der Waals surface area contributed by atoms with Crippen molar-refractivity contribution in [3.05, 3.63) is 28.3 Å². The monoisotopic (exact) mass is 334 g/mol. The van der Waals surface area contributed by atoms with Crippen LogP contribution in [0.2, 0.25) is 0 Å². The maximum atomic E-state index is 12.4. The molecule has 0 unspecified atom stereocenters. The molecule has 7 nitrogen and oxygen atoms in total. The van der Waals surface area contributed by atoms with Crippen LogP contribution in [0.1, 0.15) is 17.1 Å². The largest absolute Gasteiger partial charge is 0.323 e. The molecule has 1 fully saturated rings. The lowest BCUT2D eigenvalue weighted by molar-refractivity contribution is 0.210. The highest BCUT2D eigenvalue weighted by molar-refractivity contribution is 7.09. The number of aromatic nitrogens is 3. The number of anilines is 1. The van der Waals surface area contributed by atoms with Crippen LogP contribution in [0.25, 0.3) is 0 Å². The molecule has 1 aliphatic rings. The van der Waals surface area contributed by atoms with E-state index in [-0.39, 0.29) is 6.03 Å². The number of rotatable bonds is 3. The lowest BCUT2D eigenvalue weighted by atomic mass is 10.3. The normalized spacial score (nSPS) is 16.3. The number of carbonyl (C=O) groups excluding carboxylic acids is 1. The molecule has 2 aromatic rings. The molecule has 1 N–H and O–H groups in total. The number of carbonyl (C=O) groups is 1. The van der Waals surface area contributed by atoms with Gasteiger partial charge in [-0.3, -0.25) is 14.9 Å². The Kier molecular flexibility index (Phi) is 4.92. The smallest absolute Gasteiger partial charge is 0.323 e. The van der Waals surface area contributed by atoms with E-state index in [1.807, 2.05) is 18.9 Å². The van der Waals surface area contributed by atoms with E-state index in [4.69, 9.17) is 0 Å². The predicted octanol–water partition coefficient (Wildman–Crippen LogP) is 1.92. The second-order valence-corrected chi connectivity index (χ2v) is 6.81. The molecule has 0 radical (unpaired) electrons. The third-order valence-corrected chi connectivity index (χ3v) is 4.81. The zero-order valence-electron chi connectivity index (χ0n) is 13.5. The minimum absolute atomic E-state index is 0.0556. The van der Waals surface area contributed by atoms with Gasteiger partial charge in [0.05, 0.1) is 16.9 Å². The molecular weight excluding hydrogens is 312 g/mol. The maximum absolute atomic E-state index is 12.4. The van der Waals surface area contributed by atoms with Crippen LogP contribution in [0.4, 0.5) is 10.6 Å². The SMILES string of the molecule is Cc1nc(CN2CCCN(C(=O)Nc3ccnn3C)CC2)cs1. The van der Waals surface area contributed by atoms with Gasteiger partial charge in [-0.2, -0.15) is 5.10 Å². The van der Waals surface area contributed by atoms with Crippen LogP contribution < -0.4 is 5.32 Å². The Labute approximate surface area is 139 Å². The molecule has 0 saturated carbocycles. The fourth-order valence-corrected chi connectivity index (χ4v) is 3.33. The Morgan fingerprint density at radius 2 is 2.22 bits per heavy atom. The van der Waals surface area contributed by atoms with Gasteiger partial charge in [0.25, 0.3) is 0 Å². The summed E-state index contributed by atoms with van der Waals surface area (Å²) in [6.45, 7) is 6.26. The maximum Gasteiger partial charge on any atom is 0.323 e. The first kappa shape index (κ1) is 15.9. The summed E-state index contributed by atoms with van der Waals surface area (Å²) in [4.78, 5) is 21.1. The fourth-order valence-electron chi connectivity index (χ4n) is 2.73. The molecule has 23 heavy (non-hydrogen) atoms. The zero-order valence-corrected chi connectivity index (χ0v) is 14.3. The first-order chi connectivity index (χ1) is 11.1. The second kappa shape index (κ2) is 7.10. The molecule has 1 saturated heterocycles. The average Bonchev–Trinajstić information content (AvgIpc) is 3.02. The minimum atomic E-state index is -0.0556. The lowest BCUT2D eigenvalue weighted by Crippen LogP contribution is -2.38. The van der Waals surface area contributed by atoms with Crippen LogP contribution in [0, 0.1) is 6.92 Å². The molecular formula is C15H22N6OS. The summed E-state index contributed by atoms with van der Waals surface area (Å²) in [6.07, 6.45) is 2.65. The van der Waals surface area contributed by atoms with Crippen molar-refractivity contribution in [2.24, 2.45) is 7.05 Å². The molecule has 8 heteroatoms.